The second kappa shape index (κ2) is 9.47. The Hall–Kier alpha value is -2.27. The largest absolute Gasteiger partial charge is 0.322 e. The molecule has 0 aliphatic carbocycles. The molecule has 0 unspecified atom stereocenters. The zero-order valence-corrected chi connectivity index (χ0v) is 19.2. The molecule has 10 heteroatoms. The molecule has 0 radical (unpaired) electrons. The first-order chi connectivity index (χ1) is 14.7. The third-order valence-electron chi connectivity index (χ3n) is 5.25. The summed E-state index contributed by atoms with van der Waals surface area (Å²) in [6.45, 7) is 5.22. The number of benzene rings is 2. The van der Waals surface area contributed by atoms with E-state index in [-0.39, 0.29) is 15.4 Å². The minimum atomic E-state index is -3.68. The van der Waals surface area contributed by atoms with Crippen molar-refractivity contribution in [2.45, 2.75) is 36.5 Å². The van der Waals surface area contributed by atoms with Crippen LogP contribution in [0.1, 0.15) is 37.0 Å². The molecule has 0 spiro atoms. The van der Waals surface area contributed by atoms with Crippen molar-refractivity contribution in [2.24, 2.45) is 0 Å². The van der Waals surface area contributed by atoms with Crippen LogP contribution in [0.4, 0.5) is 5.69 Å². The molecule has 168 valence electrons. The third-order valence-corrected chi connectivity index (χ3v) is 9.21. The molecule has 0 bridgehead atoms. The van der Waals surface area contributed by atoms with Gasteiger partial charge in [0.25, 0.3) is 5.91 Å². The summed E-state index contributed by atoms with van der Waals surface area (Å²) >= 11 is 0. The number of sulfonamides is 2. The molecule has 31 heavy (non-hydrogen) atoms. The Morgan fingerprint density at radius 1 is 0.935 bits per heavy atom. The maximum Gasteiger partial charge on any atom is 0.255 e. The normalized spacial score (nSPS) is 15.3. The molecule has 1 amide bonds. The molecule has 0 aromatic heterocycles. The lowest BCUT2D eigenvalue weighted by atomic mass is 10.2. The second-order valence-electron chi connectivity index (χ2n) is 7.21. The van der Waals surface area contributed by atoms with Gasteiger partial charge in [-0.3, -0.25) is 4.79 Å². The van der Waals surface area contributed by atoms with Gasteiger partial charge in [-0.15, -0.1) is 0 Å². The average Bonchev–Trinajstić information content (AvgIpc) is 3.31. The van der Waals surface area contributed by atoms with Gasteiger partial charge < -0.3 is 5.32 Å². The van der Waals surface area contributed by atoms with Gasteiger partial charge in [0.05, 0.1) is 9.79 Å². The van der Waals surface area contributed by atoms with E-state index in [1.165, 1.54) is 57.1 Å². The fourth-order valence-electron chi connectivity index (χ4n) is 3.50. The van der Waals surface area contributed by atoms with Crippen molar-refractivity contribution in [2.75, 3.05) is 31.5 Å². The van der Waals surface area contributed by atoms with Crippen molar-refractivity contribution in [3.05, 3.63) is 54.1 Å². The predicted molar refractivity (Wildman–Crippen MR) is 119 cm³/mol. The summed E-state index contributed by atoms with van der Waals surface area (Å²) in [5, 5.41) is 2.69. The van der Waals surface area contributed by atoms with Gasteiger partial charge in [0.15, 0.2) is 0 Å². The predicted octanol–water partition coefficient (Wildman–Crippen LogP) is 2.75. The van der Waals surface area contributed by atoms with Crippen LogP contribution in [0.2, 0.25) is 0 Å². The highest BCUT2D eigenvalue weighted by Gasteiger charge is 2.27. The van der Waals surface area contributed by atoms with Gasteiger partial charge in [-0.2, -0.15) is 8.61 Å². The monoisotopic (exact) mass is 465 g/mol. The van der Waals surface area contributed by atoms with E-state index in [0.29, 0.717) is 31.9 Å². The molecule has 2 aromatic rings. The van der Waals surface area contributed by atoms with Gasteiger partial charge in [-0.1, -0.05) is 19.9 Å². The number of hydrogen-bond donors (Lipinski definition) is 1. The highest BCUT2D eigenvalue weighted by molar-refractivity contribution is 7.89. The van der Waals surface area contributed by atoms with E-state index in [4.69, 9.17) is 0 Å². The molecule has 1 N–H and O–H groups in total. The molecule has 1 fully saturated rings. The Balaban J connectivity index is 1.76. The summed E-state index contributed by atoms with van der Waals surface area (Å²) in [5.41, 5.74) is 0.615. The minimum absolute atomic E-state index is 0.0518. The number of nitrogens with one attached hydrogen (secondary N) is 1. The summed E-state index contributed by atoms with van der Waals surface area (Å²) in [6.07, 6.45) is 1.72. The first-order valence-electron chi connectivity index (χ1n) is 10.2. The molecule has 0 saturated carbocycles. The molecular weight excluding hydrogens is 438 g/mol. The smallest absolute Gasteiger partial charge is 0.255 e. The molecule has 1 aliphatic heterocycles. The summed E-state index contributed by atoms with van der Waals surface area (Å²) in [5.74, 6) is -0.480. The maximum atomic E-state index is 12.7. The first-order valence-corrected chi connectivity index (χ1v) is 13.1. The van der Waals surface area contributed by atoms with Crippen LogP contribution in [0.5, 0.6) is 0 Å². The lowest BCUT2D eigenvalue weighted by Crippen LogP contribution is -2.30. The molecule has 8 nitrogen and oxygen atoms in total. The summed E-state index contributed by atoms with van der Waals surface area (Å²) < 4.78 is 53.4. The number of amides is 1. The van der Waals surface area contributed by atoms with Crippen molar-refractivity contribution in [1.82, 2.24) is 8.61 Å². The zero-order valence-electron chi connectivity index (χ0n) is 17.6. The van der Waals surface area contributed by atoms with E-state index in [2.05, 4.69) is 5.32 Å². The Labute approximate surface area is 184 Å². The lowest BCUT2D eigenvalue weighted by Gasteiger charge is -2.18. The molecule has 0 atom stereocenters. The highest BCUT2D eigenvalue weighted by atomic mass is 32.2. The molecule has 2 aromatic carbocycles. The maximum absolute atomic E-state index is 12.7. The second-order valence-corrected chi connectivity index (χ2v) is 11.1. The van der Waals surface area contributed by atoms with Crippen LogP contribution in [-0.2, 0) is 20.0 Å². The first kappa shape index (κ1) is 23.4. The van der Waals surface area contributed by atoms with E-state index < -0.39 is 26.0 Å². The highest BCUT2D eigenvalue weighted by Crippen LogP contribution is 2.23. The Bertz CT molecular complexity index is 1140. The van der Waals surface area contributed by atoms with Crippen molar-refractivity contribution in [3.8, 4) is 0 Å². The van der Waals surface area contributed by atoms with Crippen molar-refractivity contribution < 1.29 is 21.6 Å². The van der Waals surface area contributed by atoms with Crippen molar-refractivity contribution in [3.63, 3.8) is 0 Å². The van der Waals surface area contributed by atoms with Gasteiger partial charge in [0.2, 0.25) is 20.0 Å². The van der Waals surface area contributed by atoms with Crippen LogP contribution in [0.25, 0.3) is 0 Å². The lowest BCUT2D eigenvalue weighted by molar-refractivity contribution is 0.102. The quantitative estimate of drug-likeness (QED) is 0.646. The van der Waals surface area contributed by atoms with Crippen LogP contribution < -0.4 is 5.32 Å². The number of rotatable bonds is 8. The zero-order chi connectivity index (χ0) is 22.6. The molecule has 3 rings (SSSR count). The average molecular weight is 466 g/mol. The molecule has 1 saturated heterocycles. The minimum Gasteiger partial charge on any atom is -0.322 e. The molecule has 1 aliphatic rings. The van der Waals surface area contributed by atoms with Crippen LogP contribution in [0, 0.1) is 0 Å². The van der Waals surface area contributed by atoms with E-state index in [0.717, 1.165) is 12.8 Å². The van der Waals surface area contributed by atoms with Gasteiger partial charge in [0.1, 0.15) is 0 Å². The molecular formula is C21H27N3O5S2. The number of nitrogens with zero attached hydrogens (tertiary/aromatic N) is 2. The Kier molecular flexibility index (Phi) is 7.15. The van der Waals surface area contributed by atoms with Crippen molar-refractivity contribution >= 4 is 31.6 Å². The number of hydrogen-bond acceptors (Lipinski definition) is 5. The summed E-state index contributed by atoms with van der Waals surface area (Å²) in [7, 11) is -7.20. The van der Waals surface area contributed by atoms with E-state index in [1.807, 2.05) is 0 Å². The van der Waals surface area contributed by atoms with E-state index >= 15 is 0 Å². The summed E-state index contributed by atoms with van der Waals surface area (Å²) in [4.78, 5) is 12.9. The standard InChI is InChI=1S/C21H27N3O5S2/c1-3-23(4-2)31(28,29)20-9-7-8-17(16-20)21(25)22-18-10-12-19(13-11-18)30(26,27)24-14-5-6-15-24/h7-13,16H,3-6,14-15H2,1-2H3,(H,22,25). The number of carbonyl (C=O) groups is 1. The van der Waals surface area contributed by atoms with Crippen LogP contribution >= 0.6 is 0 Å². The summed E-state index contributed by atoms with van der Waals surface area (Å²) in [6, 6.07) is 11.8. The Morgan fingerprint density at radius 3 is 2.13 bits per heavy atom. The van der Waals surface area contributed by atoms with Gasteiger partial charge >= 0.3 is 0 Å². The third kappa shape index (κ3) is 4.98. The van der Waals surface area contributed by atoms with E-state index in [9.17, 15) is 21.6 Å². The molecule has 1 heterocycles. The van der Waals surface area contributed by atoms with Gasteiger partial charge in [0, 0.05) is 37.4 Å². The van der Waals surface area contributed by atoms with Crippen LogP contribution in [-0.4, -0.2) is 57.5 Å². The fraction of sp³-hybridized carbons (Fsp3) is 0.381. The van der Waals surface area contributed by atoms with Gasteiger partial charge in [-0.05, 0) is 55.3 Å². The Morgan fingerprint density at radius 2 is 1.55 bits per heavy atom. The van der Waals surface area contributed by atoms with Gasteiger partial charge in [-0.25, -0.2) is 16.8 Å². The SMILES string of the molecule is CCN(CC)S(=O)(=O)c1cccc(C(=O)Nc2ccc(S(=O)(=O)N3CCCC3)cc2)c1. The van der Waals surface area contributed by atoms with Crippen LogP contribution in [0.3, 0.4) is 0 Å². The van der Waals surface area contributed by atoms with Crippen LogP contribution in [0.15, 0.2) is 58.3 Å². The van der Waals surface area contributed by atoms with Crippen molar-refractivity contribution in [1.29, 1.82) is 0 Å². The topological polar surface area (TPSA) is 104 Å². The fourth-order valence-corrected chi connectivity index (χ4v) is 6.52. The van der Waals surface area contributed by atoms with E-state index in [1.54, 1.807) is 13.8 Å². The number of anilines is 1. The number of carbonyl (C=O) groups excluding carboxylic acids is 1.